The van der Waals surface area contributed by atoms with Crippen molar-refractivity contribution >= 4 is 40.9 Å². The molecule has 0 bridgehead atoms. The van der Waals surface area contributed by atoms with Gasteiger partial charge in [0.2, 0.25) is 0 Å². The highest BCUT2D eigenvalue weighted by atomic mass is 35.5. The molecule has 1 amide bonds. The zero-order chi connectivity index (χ0) is 23.9. The highest BCUT2D eigenvalue weighted by molar-refractivity contribution is 6.30. The molecule has 3 heterocycles. The third-order valence-electron chi connectivity index (χ3n) is 5.32. The monoisotopic (exact) mass is 501 g/mol. The molecule has 1 N–H and O–H groups in total. The molecule has 3 aromatic rings. The molecule has 4 rings (SSSR count). The minimum atomic E-state index is -0.388. The molecule has 0 unspecified atom stereocenters. The first kappa shape index (κ1) is 24.1. The summed E-state index contributed by atoms with van der Waals surface area (Å²) in [5.74, 6) is -0.414. The van der Waals surface area contributed by atoms with E-state index in [0.717, 1.165) is 38.0 Å². The molecule has 1 saturated heterocycles. The molecular weight excluding hydrogens is 480 g/mol. The summed E-state index contributed by atoms with van der Waals surface area (Å²) < 4.78 is 19.1. The number of hydrogen-bond acceptors (Lipinski definition) is 6. The van der Waals surface area contributed by atoms with Crippen molar-refractivity contribution in [3.05, 3.63) is 82.0 Å². The summed E-state index contributed by atoms with van der Waals surface area (Å²) in [6, 6.07) is 10.9. The molecule has 34 heavy (non-hydrogen) atoms. The van der Waals surface area contributed by atoms with Crippen molar-refractivity contribution in [2.45, 2.75) is 18.9 Å². The van der Waals surface area contributed by atoms with Crippen LogP contribution in [0.2, 0.25) is 10.3 Å². The summed E-state index contributed by atoms with van der Waals surface area (Å²) in [6.07, 6.45) is 7.02. The van der Waals surface area contributed by atoms with E-state index in [1.165, 1.54) is 30.5 Å². The second kappa shape index (κ2) is 11.4. The van der Waals surface area contributed by atoms with E-state index in [1.807, 2.05) is 6.08 Å². The van der Waals surface area contributed by atoms with Gasteiger partial charge in [-0.05, 0) is 42.7 Å². The lowest BCUT2D eigenvalue weighted by molar-refractivity contribution is 0.0997. The second-order valence-electron chi connectivity index (χ2n) is 7.78. The SMILES string of the molecule is O=C(Nc1cc(Cl)nnc1OC1CCN(CC=Cc2ccc(F)cc2)CC1)c1ccnc(Cl)c1. The van der Waals surface area contributed by atoms with Gasteiger partial charge in [-0.25, -0.2) is 9.37 Å². The third-order valence-corrected chi connectivity index (χ3v) is 5.72. The van der Waals surface area contributed by atoms with Crippen LogP contribution in [0.15, 0.2) is 54.7 Å². The first-order chi connectivity index (χ1) is 16.5. The van der Waals surface area contributed by atoms with Crippen molar-refractivity contribution in [3.63, 3.8) is 0 Å². The topological polar surface area (TPSA) is 80.2 Å². The zero-order valence-electron chi connectivity index (χ0n) is 18.1. The van der Waals surface area contributed by atoms with Crippen LogP contribution in [-0.2, 0) is 0 Å². The van der Waals surface area contributed by atoms with Gasteiger partial charge in [0.15, 0.2) is 5.15 Å². The summed E-state index contributed by atoms with van der Waals surface area (Å²) >= 11 is 11.9. The van der Waals surface area contributed by atoms with Gasteiger partial charge in [-0.15, -0.1) is 10.2 Å². The number of carbonyl (C=O) groups excluding carboxylic acids is 1. The van der Waals surface area contributed by atoms with Crippen molar-refractivity contribution in [2.24, 2.45) is 0 Å². The summed E-state index contributed by atoms with van der Waals surface area (Å²) in [6.45, 7) is 2.48. The van der Waals surface area contributed by atoms with E-state index in [0.29, 0.717) is 11.3 Å². The minimum absolute atomic E-state index is 0.0705. The van der Waals surface area contributed by atoms with Crippen LogP contribution in [0.1, 0.15) is 28.8 Å². The molecule has 2 aromatic heterocycles. The van der Waals surface area contributed by atoms with Gasteiger partial charge in [0.05, 0.1) is 0 Å². The van der Waals surface area contributed by atoms with Crippen LogP contribution < -0.4 is 10.1 Å². The molecule has 1 aliphatic rings. The van der Waals surface area contributed by atoms with Crippen molar-refractivity contribution in [3.8, 4) is 5.88 Å². The molecule has 1 fully saturated rings. The molecule has 7 nitrogen and oxygen atoms in total. The number of rotatable bonds is 7. The standard InChI is InChI=1S/C24H22Cl2FN5O2/c25-21-14-17(7-10-28-21)23(33)29-20-15-22(26)30-31-24(20)34-19-8-12-32(13-9-19)11-1-2-16-3-5-18(27)6-4-16/h1-7,10,14-15,19H,8-9,11-13H2,(H,29,30,33). The second-order valence-corrected chi connectivity index (χ2v) is 8.55. The molecule has 0 atom stereocenters. The lowest BCUT2D eigenvalue weighted by Gasteiger charge is -2.31. The highest BCUT2D eigenvalue weighted by Gasteiger charge is 2.22. The number of benzene rings is 1. The van der Waals surface area contributed by atoms with Gasteiger partial charge in [-0.2, -0.15) is 0 Å². The maximum atomic E-state index is 13.0. The van der Waals surface area contributed by atoms with Gasteiger partial charge in [0, 0.05) is 37.5 Å². The molecular formula is C24H22Cl2FN5O2. The van der Waals surface area contributed by atoms with Crippen molar-refractivity contribution in [1.82, 2.24) is 20.1 Å². The van der Waals surface area contributed by atoms with Crippen LogP contribution >= 0.6 is 23.2 Å². The Morgan fingerprint density at radius 3 is 2.62 bits per heavy atom. The van der Waals surface area contributed by atoms with Crippen molar-refractivity contribution in [2.75, 3.05) is 25.0 Å². The van der Waals surface area contributed by atoms with Gasteiger partial charge in [-0.1, -0.05) is 47.5 Å². The Morgan fingerprint density at radius 2 is 1.88 bits per heavy atom. The van der Waals surface area contributed by atoms with E-state index in [-0.39, 0.29) is 34.0 Å². The molecule has 0 aliphatic carbocycles. The number of nitrogens with one attached hydrogen (secondary N) is 1. The van der Waals surface area contributed by atoms with Crippen LogP contribution in [0.3, 0.4) is 0 Å². The summed E-state index contributed by atoms with van der Waals surface area (Å²) in [4.78, 5) is 18.8. The fourth-order valence-corrected chi connectivity index (χ4v) is 3.87. The number of aromatic nitrogens is 3. The van der Waals surface area contributed by atoms with Crippen molar-refractivity contribution < 1.29 is 13.9 Å². The Labute approximate surface area is 206 Å². The number of piperidine rings is 1. The lowest BCUT2D eigenvalue weighted by atomic mass is 10.1. The van der Waals surface area contributed by atoms with Crippen LogP contribution in [0.5, 0.6) is 5.88 Å². The van der Waals surface area contributed by atoms with Crippen molar-refractivity contribution in [1.29, 1.82) is 0 Å². The Balaban J connectivity index is 1.32. The Morgan fingerprint density at radius 1 is 1.12 bits per heavy atom. The number of ether oxygens (including phenoxy) is 1. The van der Waals surface area contributed by atoms with E-state index in [4.69, 9.17) is 27.9 Å². The van der Waals surface area contributed by atoms with E-state index >= 15 is 0 Å². The number of carbonyl (C=O) groups is 1. The maximum Gasteiger partial charge on any atom is 0.257 e. The van der Waals surface area contributed by atoms with Crippen LogP contribution in [0.25, 0.3) is 6.08 Å². The largest absolute Gasteiger partial charge is 0.472 e. The maximum absolute atomic E-state index is 13.0. The number of halogens is 3. The van der Waals surface area contributed by atoms with E-state index < -0.39 is 0 Å². The number of nitrogens with zero attached hydrogens (tertiary/aromatic N) is 4. The smallest absolute Gasteiger partial charge is 0.257 e. The summed E-state index contributed by atoms with van der Waals surface area (Å²) in [5.41, 5.74) is 1.65. The quantitative estimate of drug-likeness (QED) is 0.452. The summed E-state index contributed by atoms with van der Waals surface area (Å²) in [7, 11) is 0. The van der Waals surface area contributed by atoms with Crippen LogP contribution in [0.4, 0.5) is 10.1 Å². The number of amides is 1. The first-order valence-corrected chi connectivity index (χ1v) is 11.5. The van der Waals surface area contributed by atoms with Gasteiger partial charge >= 0.3 is 0 Å². The number of anilines is 1. The van der Waals surface area contributed by atoms with E-state index in [9.17, 15) is 9.18 Å². The lowest BCUT2D eigenvalue weighted by Crippen LogP contribution is -2.38. The normalized spacial score (nSPS) is 14.9. The fraction of sp³-hybridized carbons (Fsp3) is 0.250. The van der Waals surface area contributed by atoms with Gasteiger partial charge in [-0.3, -0.25) is 9.69 Å². The van der Waals surface area contributed by atoms with Gasteiger partial charge < -0.3 is 10.1 Å². The van der Waals surface area contributed by atoms with Crippen LogP contribution in [-0.4, -0.2) is 51.7 Å². The zero-order valence-corrected chi connectivity index (χ0v) is 19.6. The molecule has 1 aromatic carbocycles. The summed E-state index contributed by atoms with van der Waals surface area (Å²) in [5, 5.41) is 11.0. The first-order valence-electron chi connectivity index (χ1n) is 10.7. The van der Waals surface area contributed by atoms with E-state index in [2.05, 4.69) is 31.5 Å². The minimum Gasteiger partial charge on any atom is -0.472 e. The number of likely N-dealkylation sites (tertiary alicyclic amines) is 1. The average Bonchev–Trinajstić information content (AvgIpc) is 2.83. The molecule has 0 spiro atoms. The van der Waals surface area contributed by atoms with Gasteiger partial charge in [0.1, 0.15) is 22.8 Å². The highest BCUT2D eigenvalue weighted by Crippen LogP contribution is 2.27. The molecule has 10 heteroatoms. The fourth-order valence-electron chi connectivity index (χ4n) is 3.55. The number of hydrogen-bond donors (Lipinski definition) is 1. The molecule has 0 radical (unpaired) electrons. The van der Waals surface area contributed by atoms with E-state index in [1.54, 1.807) is 18.2 Å². The predicted octanol–water partition coefficient (Wildman–Crippen LogP) is 5.13. The molecule has 0 saturated carbocycles. The van der Waals surface area contributed by atoms with Crippen LogP contribution in [0, 0.1) is 5.82 Å². The Kier molecular flexibility index (Phi) is 8.05. The Hall–Kier alpha value is -3.07. The predicted molar refractivity (Wildman–Crippen MR) is 130 cm³/mol. The average molecular weight is 502 g/mol. The number of pyridine rings is 1. The van der Waals surface area contributed by atoms with Gasteiger partial charge in [0.25, 0.3) is 11.8 Å². The molecule has 1 aliphatic heterocycles. The Bertz CT molecular complexity index is 1170. The third kappa shape index (κ3) is 6.72. The molecule has 176 valence electrons.